The van der Waals surface area contributed by atoms with E-state index >= 15 is 0 Å². The second-order valence-electron chi connectivity index (χ2n) is 3.79. The van der Waals surface area contributed by atoms with Gasteiger partial charge in [-0.2, -0.15) is 0 Å². The topological polar surface area (TPSA) is 52.6 Å². The van der Waals surface area contributed by atoms with Crippen molar-refractivity contribution in [2.24, 2.45) is 0 Å². The van der Waals surface area contributed by atoms with Crippen molar-refractivity contribution in [3.05, 3.63) is 0 Å². The van der Waals surface area contributed by atoms with Crippen LogP contribution in [0.5, 0.6) is 0 Å². The molecule has 0 aromatic carbocycles. The molecule has 1 unspecified atom stereocenters. The number of amides is 2. The van der Waals surface area contributed by atoms with Gasteiger partial charge in [0.2, 0.25) is 0 Å². The van der Waals surface area contributed by atoms with Crippen LogP contribution in [0.1, 0.15) is 13.8 Å². The molecule has 0 aromatic rings. The highest BCUT2D eigenvalue weighted by atomic mass is 16.2. The molecule has 0 spiro atoms. The molecule has 1 aliphatic heterocycles. The molecule has 1 rings (SSSR count). The summed E-state index contributed by atoms with van der Waals surface area (Å²) in [5.74, 6) is -0.738. The third kappa shape index (κ3) is 2.47. The van der Waals surface area contributed by atoms with Gasteiger partial charge in [0.1, 0.15) is 0 Å². The first-order chi connectivity index (χ1) is 7.11. The molecule has 0 aliphatic carbocycles. The molecular weight excluding hydrogens is 194 g/mol. The minimum atomic E-state index is -0.370. The van der Waals surface area contributed by atoms with E-state index in [2.05, 4.69) is 5.32 Å². The number of hydrogen-bond acceptors (Lipinski definition) is 3. The normalized spacial score (nSPS) is 19.7. The van der Waals surface area contributed by atoms with Gasteiger partial charge in [0.25, 0.3) is 0 Å². The Labute approximate surface area is 90.4 Å². The Bertz CT molecular complexity index is 255. The summed E-state index contributed by atoms with van der Waals surface area (Å²) in [6.45, 7) is 6.45. The molecule has 1 saturated heterocycles. The summed E-state index contributed by atoms with van der Waals surface area (Å²) in [5.41, 5.74) is 0. The Kier molecular flexibility index (Phi) is 4.08. The summed E-state index contributed by atoms with van der Waals surface area (Å²) in [4.78, 5) is 26.5. The van der Waals surface area contributed by atoms with Crippen molar-refractivity contribution in [2.45, 2.75) is 19.9 Å². The van der Waals surface area contributed by atoms with E-state index in [4.69, 9.17) is 0 Å². The van der Waals surface area contributed by atoms with Crippen molar-refractivity contribution in [2.75, 3.05) is 33.2 Å². The largest absolute Gasteiger partial charge is 0.333 e. The predicted octanol–water partition coefficient (Wildman–Crippen LogP) is -0.715. The zero-order valence-corrected chi connectivity index (χ0v) is 9.62. The van der Waals surface area contributed by atoms with E-state index in [0.717, 1.165) is 0 Å². The first-order valence-corrected chi connectivity index (χ1v) is 5.36. The molecule has 15 heavy (non-hydrogen) atoms. The Hall–Kier alpha value is -1.10. The fraction of sp³-hybridized carbons (Fsp3) is 0.800. The van der Waals surface area contributed by atoms with Gasteiger partial charge in [0, 0.05) is 32.2 Å². The maximum atomic E-state index is 11.7. The Morgan fingerprint density at radius 1 is 1.33 bits per heavy atom. The van der Waals surface area contributed by atoms with Gasteiger partial charge >= 0.3 is 11.8 Å². The number of nitrogens with zero attached hydrogens (tertiary/aromatic N) is 2. The van der Waals surface area contributed by atoms with Crippen molar-refractivity contribution in [3.63, 3.8) is 0 Å². The van der Waals surface area contributed by atoms with Gasteiger partial charge in [-0.1, -0.05) is 0 Å². The summed E-state index contributed by atoms with van der Waals surface area (Å²) >= 11 is 0. The minimum absolute atomic E-state index is 0.0745. The SMILES string of the molecule is CCN1CCN(C(C)CNC)C(=O)C1=O. The van der Waals surface area contributed by atoms with Gasteiger partial charge in [0.15, 0.2) is 0 Å². The van der Waals surface area contributed by atoms with Crippen LogP contribution < -0.4 is 5.32 Å². The number of carbonyl (C=O) groups is 2. The molecule has 2 amide bonds. The number of piperazine rings is 1. The lowest BCUT2D eigenvalue weighted by Crippen LogP contribution is -2.58. The van der Waals surface area contributed by atoms with Crippen LogP contribution in [0, 0.1) is 0 Å². The molecule has 1 aliphatic rings. The molecule has 0 saturated carbocycles. The molecule has 0 bridgehead atoms. The quantitative estimate of drug-likeness (QED) is 0.627. The van der Waals surface area contributed by atoms with Crippen molar-refractivity contribution in [1.82, 2.24) is 15.1 Å². The Morgan fingerprint density at radius 2 is 2.00 bits per heavy atom. The lowest BCUT2D eigenvalue weighted by atomic mass is 10.2. The van der Waals surface area contributed by atoms with Crippen LogP contribution in [0.15, 0.2) is 0 Å². The highest BCUT2D eigenvalue weighted by Gasteiger charge is 2.33. The van der Waals surface area contributed by atoms with Crippen LogP contribution in [-0.4, -0.2) is 60.9 Å². The average Bonchev–Trinajstić information content (AvgIpc) is 2.22. The number of hydrogen-bond donors (Lipinski definition) is 1. The van der Waals surface area contributed by atoms with Gasteiger partial charge in [0.05, 0.1) is 0 Å². The highest BCUT2D eigenvalue weighted by molar-refractivity contribution is 6.35. The molecule has 1 fully saturated rings. The third-order valence-electron chi connectivity index (χ3n) is 2.76. The van der Waals surface area contributed by atoms with Crippen LogP contribution in [-0.2, 0) is 9.59 Å². The number of nitrogens with one attached hydrogen (secondary N) is 1. The first kappa shape index (κ1) is 12.0. The van der Waals surface area contributed by atoms with E-state index in [1.165, 1.54) is 0 Å². The minimum Gasteiger partial charge on any atom is -0.333 e. The van der Waals surface area contributed by atoms with Gasteiger partial charge in [-0.05, 0) is 20.9 Å². The maximum absolute atomic E-state index is 11.7. The zero-order valence-electron chi connectivity index (χ0n) is 9.62. The van der Waals surface area contributed by atoms with Gasteiger partial charge in [-0.25, -0.2) is 0 Å². The van der Waals surface area contributed by atoms with E-state index in [1.54, 1.807) is 9.80 Å². The number of carbonyl (C=O) groups excluding carboxylic acids is 2. The lowest BCUT2D eigenvalue weighted by Gasteiger charge is -2.36. The van der Waals surface area contributed by atoms with Crippen LogP contribution >= 0.6 is 0 Å². The molecule has 86 valence electrons. The fourth-order valence-electron chi connectivity index (χ4n) is 1.82. The van der Waals surface area contributed by atoms with E-state index < -0.39 is 0 Å². The van der Waals surface area contributed by atoms with Crippen molar-refractivity contribution < 1.29 is 9.59 Å². The lowest BCUT2D eigenvalue weighted by molar-refractivity contribution is -0.157. The molecule has 0 aromatic heterocycles. The van der Waals surface area contributed by atoms with E-state index in [9.17, 15) is 9.59 Å². The van der Waals surface area contributed by atoms with E-state index in [1.807, 2.05) is 20.9 Å². The summed E-state index contributed by atoms with van der Waals surface area (Å²) < 4.78 is 0. The van der Waals surface area contributed by atoms with Gasteiger partial charge in [-0.3, -0.25) is 9.59 Å². The van der Waals surface area contributed by atoms with Crippen LogP contribution in [0.4, 0.5) is 0 Å². The van der Waals surface area contributed by atoms with Crippen LogP contribution in [0.3, 0.4) is 0 Å². The number of rotatable bonds is 4. The van der Waals surface area contributed by atoms with Crippen molar-refractivity contribution in [1.29, 1.82) is 0 Å². The third-order valence-corrected chi connectivity index (χ3v) is 2.76. The summed E-state index contributed by atoms with van der Waals surface area (Å²) in [6.07, 6.45) is 0. The van der Waals surface area contributed by atoms with E-state index in [-0.39, 0.29) is 17.9 Å². The molecule has 5 heteroatoms. The molecule has 5 nitrogen and oxygen atoms in total. The zero-order chi connectivity index (χ0) is 11.4. The Balaban J connectivity index is 2.64. The molecule has 0 radical (unpaired) electrons. The monoisotopic (exact) mass is 213 g/mol. The van der Waals surface area contributed by atoms with Crippen molar-refractivity contribution >= 4 is 11.8 Å². The average molecular weight is 213 g/mol. The molecule has 1 atom stereocenters. The van der Waals surface area contributed by atoms with Crippen LogP contribution in [0.25, 0.3) is 0 Å². The molecular formula is C10H19N3O2. The van der Waals surface area contributed by atoms with Crippen LogP contribution in [0.2, 0.25) is 0 Å². The maximum Gasteiger partial charge on any atom is 0.312 e. The number of likely N-dealkylation sites (N-methyl/N-ethyl adjacent to an activating group) is 2. The standard InChI is InChI=1S/C10H19N3O2/c1-4-12-5-6-13(8(2)7-11-3)10(15)9(12)14/h8,11H,4-7H2,1-3H3. The Morgan fingerprint density at radius 3 is 2.53 bits per heavy atom. The molecule has 1 N–H and O–H groups in total. The van der Waals surface area contributed by atoms with Crippen molar-refractivity contribution in [3.8, 4) is 0 Å². The van der Waals surface area contributed by atoms with Gasteiger partial charge < -0.3 is 15.1 Å². The van der Waals surface area contributed by atoms with Gasteiger partial charge in [-0.15, -0.1) is 0 Å². The second-order valence-corrected chi connectivity index (χ2v) is 3.79. The first-order valence-electron chi connectivity index (χ1n) is 5.36. The summed E-state index contributed by atoms with van der Waals surface area (Å²) in [6, 6.07) is 0.0745. The highest BCUT2D eigenvalue weighted by Crippen LogP contribution is 2.08. The van der Waals surface area contributed by atoms with E-state index in [0.29, 0.717) is 26.2 Å². The summed E-state index contributed by atoms with van der Waals surface area (Å²) in [7, 11) is 1.84. The smallest absolute Gasteiger partial charge is 0.312 e. The predicted molar refractivity (Wildman–Crippen MR) is 57.4 cm³/mol. The fourth-order valence-corrected chi connectivity index (χ4v) is 1.82. The molecule has 1 heterocycles. The second kappa shape index (κ2) is 5.11. The summed E-state index contributed by atoms with van der Waals surface area (Å²) in [5, 5.41) is 3.01.